The Morgan fingerprint density at radius 2 is 2.04 bits per heavy atom. The van der Waals surface area contributed by atoms with E-state index >= 15 is 0 Å². The molecular weight excluding hydrogens is 294 g/mol. The number of hydrogen-bond acceptors (Lipinski definition) is 4. The molecule has 0 spiro atoms. The normalized spacial score (nSPS) is 14.0. The van der Waals surface area contributed by atoms with Crippen LogP contribution in [0, 0.1) is 0 Å². The van der Waals surface area contributed by atoms with Crippen LogP contribution in [0.3, 0.4) is 0 Å². The third-order valence-electron chi connectivity index (χ3n) is 3.36. The highest BCUT2D eigenvalue weighted by atomic mass is 16.6. The molecular formula is C18H23NO4. The summed E-state index contributed by atoms with van der Waals surface area (Å²) in [6.45, 7) is 8.24. The minimum absolute atomic E-state index is 0.345. The van der Waals surface area contributed by atoms with Gasteiger partial charge in [-0.3, -0.25) is 4.90 Å². The van der Waals surface area contributed by atoms with E-state index in [4.69, 9.17) is 9.47 Å². The number of fused-ring (bicyclic) bond motifs is 1. The third kappa shape index (κ3) is 4.34. The zero-order chi connectivity index (χ0) is 17.0. The summed E-state index contributed by atoms with van der Waals surface area (Å²) in [4.78, 5) is 25.4. The van der Waals surface area contributed by atoms with Gasteiger partial charge in [0, 0.05) is 12.6 Å². The minimum atomic E-state index is -0.527. The van der Waals surface area contributed by atoms with Crippen LogP contribution in [0.25, 0.3) is 6.08 Å². The summed E-state index contributed by atoms with van der Waals surface area (Å²) < 4.78 is 10.3. The molecule has 0 atom stereocenters. The van der Waals surface area contributed by atoms with Crippen LogP contribution in [-0.2, 0) is 20.7 Å². The highest BCUT2D eigenvalue weighted by Gasteiger charge is 2.29. The average molecular weight is 317 g/mol. The van der Waals surface area contributed by atoms with Crippen LogP contribution < -0.4 is 4.90 Å². The van der Waals surface area contributed by atoms with Crippen LogP contribution >= 0.6 is 0 Å². The van der Waals surface area contributed by atoms with Crippen LogP contribution in [0.1, 0.15) is 38.8 Å². The molecule has 0 saturated heterocycles. The van der Waals surface area contributed by atoms with Crippen molar-refractivity contribution in [2.24, 2.45) is 0 Å². The SMILES string of the molecule is CCOC(=O)/C=C/c1cccc2c1CCN2C(=O)OC(C)(C)C. The van der Waals surface area contributed by atoms with Crippen molar-refractivity contribution >= 4 is 23.8 Å². The Morgan fingerprint density at radius 1 is 1.30 bits per heavy atom. The van der Waals surface area contributed by atoms with Crippen LogP contribution in [0.2, 0.25) is 0 Å². The van der Waals surface area contributed by atoms with Gasteiger partial charge >= 0.3 is 12.1 Å². The van der Waals surface area contributed by atoms with Crippen molar-refractivity contribution in [3.05, 3.63) is 35.4 Å². The monoisotopic (exact) mass is 317 g/mol. The van der Waals surface area contributed by atoms with Crippen LogP contribution in [0.4, 0.5) is 10.5 Å². The van der Waals surface area contributed by atoms with E-state index in [0.29, 0.717) is 13.2 Å². The van der Waals surface area contributed by atoms with Crippen LogP contribution in [0.15, 0.2) is 24.3 Å². The van der Waals surface area contributed by atoms with Crippen molar-refractivity contribution in [1.82, 2.24) is 0 Å². The summed E-state index contributed by atoms with van der Waals surface area (Å²) in [6, 6.07) is 5.69. The van der Waals surface area contributed by atoms with E-state index < -0.39 is 5.60 Å². The molecule has 0 saturated carbocycles. The maximum Gasteiger partial charge on any atom is 0.414 e. The van der Waals surface area contributed by atoms with Gasteiger partial charge in [0.25, 0.3) is 0 Å². The van der Waals surface area contributed by atoms with E-state index in [9.17, 15) is 9.59 Å². The number of benzene rings is 1. The van der Waals surface area contributed by atoms with Gasteiger partial charge in [-0.05, 0) is 57.4 Å². The van der Waals surface area contributed by atoms with Gasteiger partial charge in [-0.25, -0.2) is 9.59 Å². The molecule has 1 heterocycles. The Balaban J connectivity index is 2.20. The molecule has 5 heteroatoms. The summed E-state index contributed by atoms with van der Waals surface area (Å²) in [5, 5.41) is 0. The number of ether oxygens (including phenoxy) is 2. The number of amides is 1. The first-order valence-electron chi connectivity index (χ1n) is 7.79. The number of hydrogen-bond donors (Lipinski definition) is 0. The Hall–Kier alpha value is -2.30. The molecule has 2 rings (SSSR count). The van der Waals surface area contributed by atoms with E-state index in [1.165, 1.54) is 6.08 Å². The van der Waals surface area contributed by atoms with Crippen molar-refractivity contribution in [3.8, 4) is 0 Å². The molecule has 0 N–H and O–H groups in total. The lowest BCUT2D eigenvalue weighted by Crippen LogP contribution is -2.35. The highest BCUT2D eigenvalue weighted by Crippen LogP contribution is 2.32. The number of rotatable bonds is 3. The van der Waals surface area contributed by atoms with Crippen molar-refractivity contribution < 1.29 is 19.1 Å². The van der Waals surface area contributed by atoms with E-state index in [0.717, 1.165) is 23.2 Å². The lowest BCUT2D eigenvalue weighted by molar-refractivity contribution is -0.137. The third-order valence-corrected chi connectivity index (χ3v) is 3.36. The Labute approximate surface area is 136 Å². The van der Waals surface area contributed by atoms with Gasteiger partial charge in [-0.1, -0.05) is 12.1 Å². The van der Waals surface area contributed by atoms with Crippen LogP contribution in [0.5, 0.6) is 0 Å². The second kappa shape index (κ2) is 6.86. The van der Waals surface area contributed by atoms with Gasteiger partial charge in [0.05, 0.1) is 12.3 Å². The number of carbonyl (C=O) groups is 2. The molecule has 1 aromatic carbocycles. The van der Waals surface area contributed by atoms with Crippen molar-refractivity contribution in [1.29, 1.82) is 0 Å². The average Bonchev–Trinajstić information content (AvgIpc) is 2.88. The van der Waals surface area contributed by atoms with E-state index in [1.54, 1.807) is 17.9 Å². The first-order valence-corrected chi connectivity index (χ1v) is 7.79. The van der Waals surface area contributed by atoms with Gasteiger partial charge in [-0.15, -0.1) is 0 Å². The molecule has 0 fully saturated rings. The highest BCUT2D eigenvalue weighted by molar-refractivity contribution is 5.93. The molecule has 0 unspecified atom stereocenters. The van der Waals surface area contributed by atoms with E-state index in [1.807, 2.05) is 39.0 Å². The molecule has 1 aliphatic rings. The number of anilines is 1. The summed E-state index contributed by atoms with van der Waals surface area (Å²) in [6.07, 6.45) is 3.53. The minimum Gasteiger partial charge on any atom is -0.463 e. The smallest absolute Gasteiger partial charge is 0.414 e. The molecule has 23 heavy (non-hydrogen) atoms. The fourth-order valence-electron chi connectivity index (χ4n) is 2.47. The topological polar surface area (TPSA) is 55.8 Å². The first kappa shape index (κ1) is 17.1. The predicted octanol–water partition coefficient (Wildman–Crippen LogP) is 3.56. The number of carbonyl (C=O) groups excluding carboxylic acids is 2. The fourth-order valence-corrected chi connectivity index (χ4v) is 2.47. The first-order chi connectivity index (χ1) is 10.8. The zero-order valence-corrected chi connectivity index (χ0v) is 14.1. The summed E-state index contributed by atoms with van der Waals surface area (Å²) in [7, 11) is 0. The van der Waals surface area contributed by atoms with Gasteiger partial charge in [0.15, 0.2) is 0 Å². The quantitative estimate of drug-likeness (QED) is 0.632. The summed E-state index contributed by atoms with van der Waals surface area (Å²) in [5.41, 5.74) is 2.27. The standard InChI is InChI=1S/C18H23NO4/c1-5-22-16(20)10-9-13-7-6-8-15-14(13)11-12-19(15)17(21)23-18(2,3)4/h6-10H,5,11-12H2,1-4H3/b10-9+. The molecule has 0 bridgehead atoms. The fraction of sp³-hybridized carbons (Fsp3) is 0.444. The van der Waals surface area contributed by atoms with Crippen molar-refractivity contribution in [2.75, 3.05) is 18.1 Å². The Morgan fingerprint density at radius 3 is 2.70 bits per heavy atom. The molecule has 0 radical (unpaired) electrons. The van der Waals surface area contributed by atoms with Gasteiger partial charge in [0.1, 0.15) is 5.60 Å². The van der Waals surface area contributed by atoms with E-state index in [-0.39, 0.29) is 12.1 Å². The number of esters is 1. The molecule has 0 aromatic heterocycles. The molecule has 0 aliphatic carbocycles. The zero-order valence-electron chi connectivity index (χ0n) is 14.1. The van der Waals surface area contributed by atoms with Crippen LogP contribution in [-0.4, -0.2) is 30.8 Å². The maximum absolute atomic E-state index is 12.3. The molecule has 1 aromatic rings. The van der Waals surface area contributed by atoms with Gasteiger partial charge in [-0.2, -0.15) is 0 Å². The molecule has 5 nitrogen and oxygen atoms in total. The Kier molecular flexibility index (Phi) is 5.08. The second-order valence-electron chi connectivity index (χ2n) is 6.31. The summed E-state index contributed by atoms with van der Waals surface area (Å²) >= 11 is 0. The van der Waals surface area contributed by atoms with Gasteiger partial charge < -0.3 is 9.47 Å². The lowest BCUT2D eigenvalue weighted by atomic mass is 10.0. The predicted molar refractivity (Wildman–Crippen MR) is 89.4 cm³/mol. The lowest BCUT2D eigenvalue weighted by Gasteiger charge is -2.24. The maximum atomic E-state index is 12.3. The van der Waals surface area contributed by atoms with Crippen molar-refractivity contribution in [2.45, 2.75) is 39.7 Å². The molecule has 1 aliphatic heterocycles. The summed E-state index contributed by atoms with van der Waals surface area (Å²) in [5.74, 6) is -0.368. The molecule has 124 valence electrons. The Bertz CT molecular complexity index is 628. The van der Waals surface area contributed by atoms with E-state index in [2.05, 4.69) is 0 Å². The molecule has 1 amide bonds. The van der Waals surface area contributed by atoms with Gasteiger partial charge in [0.2, 0.25) is 0 Å². The number of nitrogens with zero attached hydrogens (tertiary/aromatic N) is 1. The largest absolute Gasteiger partial charge is 0.463 e. The second-order valence-corrected chi connectivity index (χ2v) is 6.31. The van der Waals surface area contributed by atoms with Crippen molar-refractivity contribution in [3.63, 3.8) is 0 Å².